The van der Waals surface area contributed by atoms with E-state index in [4.69, 9.17) is 15.2 Å². The Morgan fingerprint density at radius 3 is 2.17 bits per heavy atom. The van der Waals surface area contributed by atoms with E-state index in [1.807, 2.05) is 5.32 Å². The lowest BCUT2D eigenvalue weighted by Gasteiger charge is -2.10. The fourth-order valence-electron chi connectivity index (χ4n) is 1.27. The fraction of sp³-hybridized carbons (Fsp3) is 0.273. The van der Waals surface area contributed by atoms with Gasteiger partial charge in [-0.2, -0.15) is 0 Å². The number of carbonyl (C=O) groups is 2. The Morgan fingerprint density at radius 2 is 1.72 bits per heavy atom. The molecule has 3 amide bonds. The van der Waals surface area contributed by atoms with Crippen molar-refractivity contribution in [3.05, 3.63) is 18.2 Å². The summed E-state index contributed by atoms with van der Waals surface area (Å²) in [6.45, 7) is -0.0841. The maximum atomic E-state index is 11.2. The molecule has 0 aliphatic heterocycles. The Bertz CT molecular complexity index is 426. The Hall–Kier alpha value is -2.44. The molecule has 98 valence electrons. The van der Waals surface area contributed by atoms with E-state index in [0.29, 0.717) is 17.2 Å². The highest BCUT2D eigenvalue weighted by molar-refractivity contribution is 5.95. The second-order valence-electron chi connectivity index (χ2n) is 3.37. The number of urea groups is 1. The van der Waals surface area contributed by atoms with Crippen molar-refractivity contribution < 1.29 is 19.1 Å². The minimum atomic E-state index is -0.884. The van der Waals surface area contributed by atoms with Crippen LogP contribution in [0, 0.1) is 0 Å². The number of hydrogen-bond acceptors (Lipinski definition) is 5. The van der Waals surface area contributed by atoms with Crippen molar-refractivity contribution in [3.8, 4) is 11.5 Å². The van der Waals surface area contributed by atoms with Gasteiger partial charge in [-0.05, 0) is 0 Å². The first-order chi connectivity index (χ1) is 8.55. The zero-order valence-electron chi connectivity index (χ0n) is 10.1. The minimum Gasteiger partial charge on any atom is -0.497 e. The number of nitrogens with one attached hydrogen (secondary N) is 2. The van der Waals surface area contributed by atoms with Crippen LogP contribution in [-0.4, -0.2) is 32.7 Å². The lowest BCUT2D eigenvalue weighted by molar-refractivity contribution is -0.118. The lowest BCUT2D eigenvalue weighted by Crippen LogP contribution is -2.38. The molecule has 18 heavy (non-hydrogen) atoms. The third-order valence-electron chi connectivity index (χ3n) is 2.07. The van der Waals surface area contributed by atoms with Gasteiger partial charge in [-0.25, -0.2) is 4.79 Å². The van der Waals surface area contributed by atoms with E-state index in [2.05, 4.69) is 5.32 Å². The second kappa shape index (κ2) is 6.33. The standard InChI is InChI=1S/C11H15N3O4/c1-17-8-3-7(4-9(5-8)18-2)13-6-10(15)14-11(12)16/h3-5,13H,6H2,1-2H3,(H3,12,14,15,16). The van der Waals surface area contributed by atoms with Crippen LogP contribution in [0.1, 0.15) is 0 Å². The number of methoxy groups -OCH3 is 2. The van der Waals surface area contributed by atoms with E-state index in [1.165, 1.54) is 14.2 Å². The van der Waals surface area contributed by atoms with Crippen LogP contribution in [0.2, 0.25) is 0 Å². The molecular weight excluding hydrogens is 238 g/mol. The number of nitrogens with two attached hydrogens (primary N) is 1. The Morgan fingerprint density at radius 1 is 1.17 bits per heavy atom. The number of hydrogen-bond donors (Lipinski definition) is 3. The third kappa shape index (κ3) is 4.20. The third-order valence-corrected chi connectivity index (χ3v) is 2.07. The highest BCUT2D eigenvalue weighted by Gasteiger charge is 2.05. The molecular formula is C11H15N3O4. The van der Waals surface area contributed by atoms with Gasteiger partial charge in [0.15, 0.2) is 0 Å². The van der Waals surface area contributed by atoms with Gasteiger partial charge in [0.05, 0.1) is 20.8 Å². The normalized spacial score (nSPS) is 9.44. The van der Waals surface area contributed by atoms with Crippen LogP contribution in [0.4, 0.5) is 10.5 Å². The summed E-state index contributed by atoms with van der Waals surface area (Å²) >= 11 is 0. The lowest BCUT2D eigenvalue weighted by atomic mass is 10.2. The number of benzene rings is 1. The van der Waals surface area contributed by atoms with E-state index in [0.717, 1.165) is 0 Å². The molecule has 0 radical (unpaired) electrons. The molecule has 0 saturated heterocycles. The van der Waals surface area contributed by atoms with Gasteiger partial charge in [0.1, 0.15) is 11.5 Å². The van der Waals surface area contributed by atoms with Crippen molar-refractivity contribution in [3.63, 3.8) is 0 Å². The first-order valence-electron chi connectivity index (χ1n) is 5.11. The van der Waals surface area contributed by atoms with Gasteiger partial charge in [-0.15, -0.1) is 0 Å². The quantitative estimate of drug-likeness (QED) is 0.700. The number of carbonyl (C=O) groups excluding carboxylic acids is 2. The zero-order valence-corrected chi connectivity index (χ0v) is 10.1. The van der Waals surface area contributed by atoms with E-state index >= 15 is 0 Å². The number of ether oxygens (including phenoxy) is 2. The molecule has 4 N–H and O–H groups in total. The van der Waals surface area contributed by atoms with E-state index in [-0.39, 0.29) is 6.54 Å². The molecule has 7 heteroatoms. The summed E-state index contributed by atoms with van der Waals surface area (Å²) in [6, 6.07) is 4.21. The average molecular weight is 253 g/mol. The smallest absolute Gasteiger partial charge is 0.318 e. The van der Waals surface area contributed by atoms with E-state index < -0.39 is 11.9 Å². The van der Waals surface area contributed by atoms with Crippen LogP contribution in [0.25, 0.3) is 0 Å². The van der Waals surface area contributed by atoms with Crippen molar-refractivity contribution in [2.75, 3.05) is 26.1 Å². The van der Waals surface area contributed by atoms with Gasteiger partial charge in [-0.1, -0.05) is 0 Å². The molecule has 7 nitrogen and oxygen atoms in total. The summed E-state index contributed by atoms with van der Waals surface area (Å²) in [5.74, 6) is 0.656. The molecule has 0 fully saturated rings. The van der Waals surface area contributed by atoms with E-state index in [9.17, 15) is 9.59 Å². The largest absolute Gasteiger partial charge is 0.497 e. The summed E-state index contributed by atoms with van der Waals surface area (Å²) in [5, 5.41) is 4.76. The van der Waals surface area contributed by atoms with E-state index in [1.54, 1.807) is 18.2 Å². The van der Waals surface area contributed by atoms with Crippen LogP contribution in [-0.2, 0) is 4.79 Å². The average Bonchev–Trinajstić information content (AvgIpc) is 2.35. The summed E-state index contributed by atoms with van der Waals surface area (Å²) in [6.07, 6.45) is 0. The predicted molar refractivity (Wildman–Crippen MR) is 65.8 cm³/mol. The van der Waals surface area contributed by atoms with Gasteiger partial charge in [0.2, 0.25) is 5.91 Å². The molecule has 1 aromatic rings. The number of anilines is 1. The van der Waals surface area contributed by atoms with Gasteiger partial charge in [0.25, 0.3) is 0 Å². The van der Waals surface area contributed by atoms with Crippen LogP contribution in [0.5, 0.6) is 11.5 Å². The number of imide groups is 1. The second-order valence-corrected chi connectivity index (χ2v) is 3.37. The molecule has 0 heterocycles. The SMILES string of the molecule is COc1cc(NCC(=O)NC(N)=O)cc(OC)c1. The van der Waals surface area contributed by atoms with Crippen molar-refractivity contribution >= 4 is 17.6 Å². The first-order valence-corrected chi connectivity index (χ1v) is 5.11. The molecule has 0 aromatic heterocycles. The van der Waals surface area contributed by atoms with Crippen molar-refractivity contribution in [1.29, 1.82) is 0 Å². The Balaban J connectivity index is 2.66. The molecule has 0 saturated carbocycles. The molecule has 0 aliphatic carbocycles. The van der Waals surface area contributed by atoms with Gasteiger partial charge >= 0.3 is 6.03 Å². The fourth-order valence-corrected chi connectivity index (χ4v) is 1.27. The Kier molecular flexibility index (Phi) is 4.79. The molecule has 1 rings (SSSR count). The molecule has 0 aliphatic rings. The maximum absolute atomic E-state index is 11.2. The summed E-state index contributed by atoms with van der Waals surface area (Å²) in [4.78, 5) is 21.6. The highest BCUT2D eigenvalue weighted by Crippen LogP contribution is 2.25. The highest BCUT2D eigenvalue weighted by atomic mass is 16.5. The van der Waals surface area contributed by atoms with Crippen molar-refractivity contribution in [1.82, 2.24) is 5.32 Å². The molecule has 0 unspecified atom stereocenters. The first kappa shape index (κ1) is 13.6. The number of rotatable bonds is 5. The monoisotopic (exact) mass is 253 g/mol. The molecule has 1 aromatic carbocycles. The van der Waals surface area contributed by atoms with Crippen LogP contribution < -0.4 is 25.8 Å². The maximum Gasteiger partial charge on any atom is 0.318 e. The van der Waals surface area contributed by atoms with Crippen molar-refractivity contribution in [2.45, 2.75) is 0 Å². The topological polar surface area (TPSA) is 103 Å². The summed E-state index contributed by atoms with van der Waals surface area (Å²) < 4.78 is 10.1. The predicted octanol–water partition coefficient (Wildman–Crippen LogP) is 0.311. The molecule has 0 bridgehead atoms. The Labute approximate surface area is 104 Å². The van der Waals surface area contributed by atoms with Crippen molar-refractivity contribution in [2.24, 2.45) is 5.73 Å². The van der Waals surface area contributed by atoms with Crippen LogP contribution in [0.15, 0.2) is 18.2 Å². The summed E-state index contributed by atoms with van der Waals surface area (Å²) in [5.41, 5.74) is 5.45. The zero-order chi connectivity index (χ0) is 13.5. The van der Waals surface area contributed by atoms with Crippen LogP contribution in [0.3, 0.4) is 0 Å². The summed E-state index contributed by atoms with van der Waals surface area (Å²) in [7, 11) is 3.05. The van der Waals surface area contributed by atoms with Gasteiger partial charge < -0.3 is 20.5 Å². The van der Waals surface area contributed by atoms with Gasteiger partial charge in [0, 0.05) is 23.9 Å². The van der Waals surface area contributed by atoms with Gasteiger partial charge in [-0.3, -0.25) is 10.1 Å². The number of amides is 3. The van der Waals surface area contributed by atoms with Crippen LogP contribution >= 0.6 is 0 Å². The minimum absolute atomic E-state index is 0.0841. The number of primary amides is 1. The molecule has 0 spiro atoms. The molecule has 0 atom stereocenters.